The Morgan fingerprint density at radius 2 is 2.00 bits per heavy atom. The van der Waals surface area contributed by atoms with Crippen molar-refractivity contribution in [1.29, 1.82) is 0 Å². The molecule has 3 rings (SSSR count). The second-order valence-corrected chi connectivity index (χ2v) is 6.05. The van der Waals surface area contributed by atoms with Gasteiger partial charge >= 0.3 is 4.87 Å². The molecule has 0 aliphatic carbocycles. The van der Waals surface area contributed by atoms with E-state index in [1.54, 1.807) is 11.6 Å². The minimum absolute atomic E-state index is 0.0558. The highest BCUT2D eigenvalue weighted by Gasteiger charge is 2.11. The molecule has 112 valence electrons. The van der Waals surface area contributed by atoms with Crippen molar-refractivity contribution in [2.24, 2.45) is 0 Å². The molecule has 1 amide bonds. The number of rotatable bonds is 4. The maximum atomic E-state index is 12.0. The van der Waals surface area contributed by atoms with E-state index in [1.807, 2.05) is 25.1 Å². The molecule has 4 nitrogen and oxygen atoms in total. The van der Waals surface area contributed by atoms with E-state index in [9.17, 15) is 9.59 Å². The molecule has 22 heavy (non-hydrogen) atoms. The summed E-state index contributed by atoms with van der Waals surface area (Å²) in [6, 6.07) is 14.2. The lowest BCUT2D eigenvalue weighted by Crippen LogP contribution is -2.32. The first kappa shape index (κ1) is 14.5. The van der Waals surface area contributed by atoms with Gasteiger partial charge in [0.1, 0.15) is 6.54 Å². The van der Waals surface area contributed by atoms with Crippen molar-refractivity contribution < 1.29 is 4.79 Å². The average molecular weight is 312 g/mol. The maximum absolute atomic E-state index is 12.0. The zero-order valence-electron chi connectivity index (χ0n) is 12.2. The van der Waals surface area contributed by atoms with Crippen LogP contribution in [0.3, 0.4) is 0 Å². The molecule has 5 heteroatoms. The van der Waals surface area contributed by atoms with Crippen LogP contribution in [-0.4, -0.2) is 10.5 Å². The average Bonchev–Trinajstić information content (AvgIpc) is 2.91. The highest BCUT2D eigenvalue weighted by molar-refractivity contribution is 7.07. The Morgan fingerprint density at radius 1 is 1.23 bits per heavy atom. The Kier molecular flexibility index (Phi) is 4.06. The molecule has 1 aromatic heterocycles. The first-order valence-corrected chi connectivity index (χ1v) is 7.93. The number of hydrogen-bond donors (Lipinski definition) is 1. The van der Waals surface area contributed by atoms with Gasteiger partial charge in [0.2, 0.25) is 5.91 Å². The molecular formula is C17H16N2O2S. The van der Waals surface area contributed by atoms with E-state index < -0.39 is 0 Å². The van der Waals surface area contributed by atoms with Crippen LogP contribution in [0.5, 0.6) is 0 Å². The highest BCUT2D eigenvalue weighted by Crippen LogP contribution is 2.20. The van der Waals surface area contributed by atoms with Gasteiger partial charge in [0, 0.05) is 11.6 Å². The van der Waals surface area contributed by atoms with Crippen molar-refractivity contribution in [3.05, 3.63) is 69.3 Å². The van der Waals surface area contributed by atoms with Gasteiger partial charge in [0.15, 0.2) is 0 Å². The molecule has 1 N–H and O–H groups in total. The third-order valence-corrected chi connectivity index (χ3v) is 4.30. The summed E-state index contributed by atoms with van der Waals surface area (Å²) in [6.07, 6.45) is 1.63. The molecule has 2 aromatic carbocycles. The van der Waals surface area contributed by atoms with Crippen LogP contribution >= 0.6 is 11.3 Å². The van der Waals surface area contributed by atoms with E-state index in [2.05, 4.69) is 29.6 Å². The van der Waals surface area contributed by atoms with E-state index in [0.717, 1.165) is 22.3 Å². The lowest BCUT2D eigenvalue weighted by atomic mass is 10.0. The lowest BCUT2D eigenvalue weighted by molar-refractivity contribution is -0.122. The van der Waals surface area contributed by atoms with Gasteiger partial charge in [-0.2, -0.15) is 0 Å². The zero-order chi connectivity index (χ0) is 15.5. The molecule has 0 bridgehead atoms. The standard InChI is InChI=1S/C17H16N2O2S/c1-12(18-16(20)11-19-8-9-22-17(19)21)14-7-6-13-4-2-3-5-15(13)10-14/h2-10,12H,11H2,1H3,(H,18,20)/t12-/m1/s1. The summed E-state index contributed by atoms with van der Waals surface area (Å²) in [5, 5.41) is 6.94. The molecule has 0 saturated carbocycles. The molecule has 1 heterocycles. The number of benzene rings is 2. The van der Waals surface area contributed by atoms with Crippen molar-refractivity contribution in [2.75, 3.05) is 0 Å². The zero-order valence-corrected chi connectivity index (χ0v) is 13.0. The second kappa shape index (κ2) is 6.15. The van der Waals surface area contributed by atoms with Crippen LogP contribution in [0.2, 0.25) is 0 Å². The van der Waals surface area contributed by atoms with Gasteiger partial charge in [-0.15, -0.1) is 0 Å². The fraction of sp³-hybridized carbons (Fsp3) is 0.176. The van der Waals surface area contributed by atoms with Crippen LogP contribution in [0.25, 0.3) is 10.8 Å². The second-order valence-electron chi connectivity index (χ2n) is 5.19. The van der Waals surface area contributed by atoms with Gasteiger partial charge in [-0.1, -0.05) is 47.7 Å². The fourth-order valence-electron chi connectivity index (χ4n) is 2.41. The monoisotopic (exact) mass is 312 g/mol. The third kappa shape index (κ3) is 3.09. The largest absolute Gasteiger partial charge is 0.348 e. The molecule has 0 spiro atoms. The Hall–Kier alpha value is -2.40. The molecule has 0 aliphatic heterocycles. The van der Waals surface area contributed by atoms with E-state index >= 15 is 0 Å². The van der Waals surface area contributed by atoms with Crippen molar-refractivity contribution in [2.45, 2.75) is 19.5 Å². The summed E-state index contributed by atoms with van der Waals surface area (Å²) >= 11 is 1.09. The van der Waals surface area contributed by atoms with E-state index in [4.69, 9.17) is 0 Å². The number of thiazole rings is 1. The molecule has 0 saturated heterocycles. The molecule has 0 radical (unpaired) electrons. The first-order valence-electron chi connectivity index (χ1n) is 7.05. The Balaban J connectivity index is 1.72. The van der Waals surface area contributed by atoms with Crippen LogP contribution in [0.15, 0.2) is 58.8 Å². The van der Waals surface area contributed by atoms with Gasteiger partial charge < -0.3 is 5.32 Å². The molecule has 0 aliphatic rings. The summed E-state index contributed by atoms with van der Waals surface area (Å²) < 4.78 is 1.41. The summed E-state index contributed by atoms with van der Waals surface area (Å²) in [5.74, 6) is -0.166. The normalized spacial score (nSPS) is 12.2. The Labute approximate surface area is 132 Å². The smallest absolute Gasteiger partial charge is 0.307 e. The number of carbonyl (C=O) groups excluding carboxylic acids is 1. The minimum Gasteiger partial charge on any atom is -0.348 e. The predicted molar refractivity (Wildman–Crippen MR) is 89.1 cm³/mol. The third-order valence-electron chi connectivity index (χ3n) is 3.61. The summed E-state index contributed by atoms with van der Waals surface area (Å²) in [6.45, 7) is 2.00. The van der Waals surface area contributed by atoms with Gasteiger partial charge in [0.05, 0.1) is 6.04 Å². The topological polar surface area (TPSA) is 51.1 Å². The fourth-order valence-corrected chi connectivity index (χ4v) is 3.00. The van der Waals surface area contributed by atoms with Crippen LogP contribution < -0.4 is 10.2 Å². The number of aromatic nitrogens is 1. The molecule has 3 aromatic rings. The first-order chi connectivity index (χ1) is 10.6. The number of amides is 1. The van der Waals surface area contributed by atoms with E-state index in [-0.39, 0.29) is 23.4 Å². The van der Waals surface area contributed by atoms with Crippen molar-refractivity contribution in [3.63, 3.8) is 0 Å². The Bertz CT molecular complexity index is 866. The highest BCUT2D eigenvalue weighted by atomic mass is 32.1. The van der Waals surface area contributed by atoms with Gasteiger partial charge in [-0.05, 0) is 29.3 Å². The lowest BCUT2D eigenvalue weighted by Gasteiger charge is -2.15. The molecular weight excluding hydrogens is 296 g/mol. The number of hydrogen-bond acceptors (Lipinski definition) is 3. The van der Waals surface area contributed by atoms with Crippen molar-refractivity contribution in [1.82, 2.24) is 9.88 Å². The summed E-state index contributed by atoms with van der Waals surface area (Å²) in [4.78, 5) is 23.4. The van der Waals surface area contributed by atoms with Gasteiger partial charge in [-0.25, -0.2) is 0 Å². The van der Waals surface area contributed by atoms with Crippen LogP contribution in [0.4, 0.5) is 0 Å². The molecule has 0 fully saturated rings. The number of fused-ring (bicyclic) bond motifs is 1. The van der Waals surface area contributed by atoms with Crippen molar-refractivity contribution in [3.8, 4) is 0 Å². The Morgan fingerprint density at radius 3 is 2.73 bits per heavy atom. The number of nitrogens with one attached hydrogen (secondary N) is 1. The van der Waals surface area contributed by atoms with Gasteiger partial charge in [-0.3, -0.25) is 14.2 Å². The summed E-state index contributed by atoms with van der Waals surface area (Å²) in [7, 11) is 0. The van der Waals surface area contributed by atoms with Crippen molar-refractivity contribution >= 4 is 28.0 Å². The van der Waals surface area contributed by atoms with Crippen LogP contribution in [0, 0.1) is 0 Å². The van der Waals surface area contributed by atoms with E-state index in [1.165, 1.54) is 9.95 Å². The summed E-state index contributed by atoms with van der Waals surface area (Å²) in [5.41, 5.74) is 1.05. The SMILES string of the molecule is C[C@@H](NC(=O)Cn1ccsc1=O)c1ccc2ccccc2c1. The van der Waals surface area contributed by atoms with Gasteiger partial charge in [0.25, 0.3) is 0 Å². The van der Waals surface area contributed by atoms with E-state index in [0.29, 0.717) is 0 Å². The van der Waals surface area contributed by atoms with Crippen LogP contribution in [0.1, 0.15) is 18.5 Å². The minimum atomic E-state index is -0.166. The number of nitrogens with zero attached hydrogens (tertiary/aromatic N) is 1. The van der Waals surface area contributed by atoms with Crippen LogP contribution in [-0.2, 0) is 11.3 Å². The molecule has 0 unspecified atom stereocenters. The predicted octanol–water partition coefficient (Wildman–Crippen LogP) is 2.94. The maximum Gasteiger partial charge on any atom is 0.307 e. The number of carbonyl (C=O) groups is 1. The quantitative estimate of drug-likeness (QED) is 0.805. The molecule has 1 atom stereocenters.